The lowest BCUT2D eigenvalue weighted by atomic mass is 9.99. The number of benzene rings is 1. The second kappa shape index (κ2) is 7.90. The second-order valence-electron chi connectivity index (χ2n) is 6.44. The van der Waals surface area contributed by atoms with Gasteiger partial charge in [-0.25, -0.2) is 9.37 Å². The van der Waals surface area contributed by atoms with Gasteiger partial charge in [-0.15, -0.1) is 0 Å². The third-order valence-electron chi connectivity index (χ3n) is 4.09. The second-order valence-corrected chi connectivity index (χ2v) is 6.44. The van der Waals surface area contributed by atoms with Crippen LogP contribution in [0.4, 0.5) is 4.39 Å². The quantitative estimate of drug-likeness (QED) is 0.726. The van der Waals surface area contributed by atoms with E-state index >= 15 is 0 Å². The molecule has 0 bridgehead atoms. The maximum absolute atomic E-state index is 13.9. The summed E-state index contributed by atoms with van der Waals surface area (Å²) < 4.78 is 13.9. The van der Waals surface area contributed by atoms with E-state index in [0.717, 1.165) is 0 Å². The van der Waals surface area contributed by atoms with Crippen LogP contribution >= 0.6 is 0 Å². The lowest BCUT2D eigenvalue weighted by Gasteiger charge is -2.22. The first-order valence-electron chi connectivity index (χ1n) is 8.52. The summed E-state index contributed by atoms with van der Waals surface area (Å²) in [6.45, 7) is 3.78. The molecule has 1 aromatic carbocycles. The lowest BCUT2D eigenvalue weighted by molar-refractivity contribution is 0.0920. The fourth-order valence-electron chi connectivity index (χ4n) is 2.72. The highest BCUT2D eigenvalue weighted by Gasteiger charge is 2.23. The van der Waals surface area contributed by atoms with E-state index in [-0.39, 0.29) is 17.0 Å². The summed E-state index contributed by atoms with van der Waals surface area (Å²) in [6, 6.07) is 10.0. The van der Waals surface area contributed by atoms with E-state index in [9.17, 15) is 14.0 Å². The van der Waals surface area contributed by atoms with Gasteiger partial charge in [0.05, 0.1) is 17.3 Å². The van der Waals surface area contributed by atoms with Gasteiger partial charge >= 0.3 is 0 Å². The standard InChI is InChI=1S/C20H19FN4O2/c1-12(2)18(25-20(27)14-7-3-4-8-15(14)21)16-10-17(26)24-19(23-16)13-6-5-9-22-11-13/h3-12,18H,1-2H3,(H,25,27)(H,23,24,26). The largest absolute Gasteiger partial charge is 0.343 e. The Morgan fingerprint density at radius 3 is 2.63 bits per heavy atom. The Kier molecular flexibility index (Phi) is 5.40. The number of rotatable bonds is 5. The summed E-state index contributed by atoms with van der Waals surface area (Å²) in [5, 5.41) is 2.79. The Hall–Kier alpha value is -3.35. The molecule has 138 valence electrons. The van der Waals surface area contributed by atoms with Crippen molar-refractivity contribution in [3.8, 4) is 11.4 Å². The molecule has 0 aliphatic carbocycles. The maximum Gasteiger partial charge on any atom is 0.254 e. The first-order valence-corrected chi connectivity index (χ1v) is 8.52. The number of aromatic amines is 1. The number of hydrogen-bond acceptors (Lipinski definition) is 4. The fourth-order valence-corrected chi connectivity index (χ4v) is 2.72. The van der Waals surface area contributed by atoms with Crippen LogP contribution in [0.2, 0.25) is 0 Å². The highest BCUT2D eigenvalue weighted by molar-refractivity contribution is 5.94. The Bertz CT molecular complexity index is 1000. The van der Waals surface area contributed by atoms with Gasteiger partial charge in [-0.2, -0.15) is 0 Å². The first-order chi connectivity index (χ1) is 13.0. The van der Waals surface area contributed by atoms with Gasteiger partial charge in [0.25, 0.3) is 11.5 Å². The summed E-state index contributed by atoms with van der Waals surface area (Å²) in [4.78, 5) is 35.8. The number of carbonyl (C=O) groups is 1. The van der Waals surface area contributed by atoms with Crippen LogP contribution in [0.25, 0.3) is 11.4 Å². The number of halogens is 1. The number of hydrogen-bond donors (Lipinski definition) is 2. The molecule has 6 nitrogen and oxygen atoms in total. The van der Waals surface area contributed by atoms with Crippen LogP contribution in [0.3, 0.4) is 0 Å². The predicted molar refractivity (Wildman–Crippen MR) is 99.5 cm³/mol. The van der Waals surface area contributed by atoms with Crippen LogP contribution in [-0.4, -0.2) is 20.9 Å². The van der Waals surface area contributed by atoms with E-state index < -0.39 is 17.8 Å². The predicted octanol–water partition coefficient (Wildman–Crippen LogP) is 3.10. The number of carbonyl (C=O) groups excluding carboxylic acids is 1. The van der Waals surface area contributed by atoms with Crippen LogP contribution in [0.15, 0.2) is 59.7 Å². The van der Waals surface area contributed by atoms with Crippen molar-refractivity contribution in [1.82, 2.24) is 20.3 Å². The van der Waals surface area contributed by atoms with Gasteiger partial charge < -0.3 is 10.3 Å². The van der Waals surface area contributed by atoms with Crippen LogP contribution in [0.5, 0.6) is 0 Å². The molecular weight excluding hydrogens is 347 g/mol. The molecule has 0 fully saturated rings. The molecule has 0 saturated carbocycles. The van der Waals surface area contributed by atoms with Crippen molar-refractivity contribution in [3.63, 3.8) is 0 Å². The normalized spacial score (nSPS) is 12.0. The number of nitrogens with one attached hydrogen (secondary N) is 2. The summed E-state index contributed by atoms with van der Waals surface area (Å²) in [5.74, 6) is -0.877. The van der Waals surface area contributed by atoms with E-state index in [2.05, 4.69) is 20.3 Å². The third-order valence-corrected chi connectivity index (χ3v) is 4.09. The van der Waals surface area contributed by atoms with E-state index in [4.69, 9.17) is 0 Å². The van der Waals surface area contributed by atoms with Gasteiger partial charge in [-0.1, -0.05) is 26.0 Å². The van der Waals surface area contributed by atoms with Crippen LogP contribution in [-0.2, 0) is 0 Å². The first kappa shape index (κ1) is 18.4. The number of pyridine rings is 1. The topological polar surface area (TPSA) is 87.7 Å². The van der Waals surface area contributed by atoms with Crippen molar-refractivity contribution in [2.24, 2.45) is 5.92 Å². The SMILES string of the molecule is CC(C)C(NC(=O)c1ccccc1F)c1cc(=O)[nH]c(-c2cccnc2)n1. The lowest BCUT2D eigenvalue weighted by Crippen LogP contribution is -2.33. The van der Waals surface area contributed by atoms with E-state index in [1.165, 1.54) is 24.3 Å². The smallest absolute Gasteiger partial charge is 0.254 e. The molecule has 3 rings (SSSR count). The minimum atomic E-state index is -0.604. The molecule has 2 aromatic heterocycles. The van der Waals surface area contributed by atoms with Gasteiger partial charge in [0.1, 0.15) is 11.6 Å². The molecule has 7 heteroatoms. The molecule has 0 aliphatic heterocycles. The molecule has 0 spiro atoms. The molecule has 1 unspecified atom stereocenters. The van der Waals surface area contributed by atoms with Crippen molar-refractivity contribution in [2.75, 3.05) is 0 Å². The molecule has 27 heavy (non-hydrogen) atoms. The van der Waals surface area contributed by atoms with Crippen molar-refractivity contribution in [3.05, 3.63) is 82.3 Å². The highest BCUT2D eigenvalue weighted by atomic mass is 19.1. The van der Waals surface area contributed by atoms with E-state index in [1.54, 1.807) is 30.6 Å². The van der Waals surface area contributed by atoms with Crippen LogP contribution in [0.1, 0.15) is 35.9 Å². The zero-order valence-electron chi connectivity index (χ0n) is 14.9. The van der Waals surface area contributed by atoms with Gasteiger partial charge in [-0.05, 0) is 30.2 Å². The van der Waals surface area contributed by atoms with Crippen LogP contribution in [0, 0.1) is 11.7 Å². The fraction of sp³-hybridized carbons (Fsp3) is 0.200. The number of aromatic nitrogens is 3. The third kappa shape index (κ3) is 4.25. The Morgan fingerprint density at radius 2 is 1.96 bits per heavy atom. The van der Waals surface area contributed by atoms with Crippen molar-refractivity contribution in [1.29, 1.82) is 0 Å². The van der Waals surface area contributed by atoms with E-state index in [1.807, 2.05) is 13.8 Å². The summed E-state index contributed by atoms with van der Waals surface area (Å²) in [7, 11) is 0. The molecule has 1 atom stereocenters. The van der Waals surface area contributed by atoms with Crippen LogP contribution < -0.4 is 10.9 Å². The molecule has 2 heterocycles. The minimum absolute atomic E-state index is 0.0551. The Morgan fingerprint density at radius 1 is 1.19 bits per heavy atom. The van der Waals surface area contributed by atoms with Gasteiger partial charge in [-0.3, -0.25) is 14.6 Å². The Labute approximate surface area is 155 Å². The van der Waals surface area contributed by atoms with E-state index in [0.29, 0.717) is 17.1 Å². The molecule has 0 aliphatic rings. The summed E-state index contributed by atoms with van der Waals surface area (Å²) in [6.07, 6.45) is 3.21. The van der Waals surface area contributed by atoms with Gasteiger partial charge in [0.15, 0.2) is 0 Å². The maximum atomic E-state index is 13.9. The number of nitrogens with zero attached hydrogens (tertiary/aromatic N) is 2. The molecular formula is C20H19FN4O2. The molecule has 1 amide bonds. The molecule has 3 aromatic rings. The highest BCUT2D eigenvalue weighted by Crippen LogP contribution is 2.22. The van der Waals surface area contributed by atoms with Gasteiger partial charge in [0.2, 0.25) is 0 Å². The van der Waals surface area contributed by atoms with Crippen molar-refractivity contribution >= 4 is 5.91 Å². The summed E-state index contributed by atoms with van der Waals surface area (Å²) >= 11 is 0. The number of H-pyrrole nitrogens is 1. The van der Waals surface area contributed by atoms with Crippen molar-refractivity contribution in [2.45, 2.75) is 19.9 Å². The minimum Gasteiger partial charge on any atom is -0.343 e. The monoisotopic (exact) mass is 366 g/mol. The zero-order valence-corrected chi connectivity index (χ0v) is 14.9. The number of amides is 1. The Balaban J connectivity index is 1.96. The average Bonchev–Trinajstić information content (AvgIpc) is 2.66. The van der Waals surface area contributed by atoms with Gasteiger partial charge in [0, 0.05) is 24.0 Å². The molecule has 0 radical (unpaired) electrons. The average molecular weight is 366 g/mol. The van der Waals surface area contributed by atoms with Crippen molar-refractivity contribution < 1.29 is 9.18 Å². The molecule has 2 N–H and O–H groups in total. The molecule has 0 saturated heterocycles. The summed E-state index contributed by atoms with van der Waals surface area (Å²) in [5.41, 5.74) is 0.654. The zero-order chi connectivity index (χ0) is 19.4.